The van der Waals surface area contributed by atoms with Crippen molar-refractivity contribution >= 4 is 28.1 Å². The van der Waals surface area contributed by atoms with Gasteiger partial charge < -0.3 is 19.4 Å². The van der Waals surface area contributed by atoms with Crippen LogP contribution in [-0.4, -0.2) is 46.5 Å². The van der Waals surface area contributed by atoms with Crippen LogP contribution in [0.5, 0.6) is 11.5 Å². The number of methoxy groups -OCH3 is 2. The van der Waals surface area contributed by atoms with Crippen LogP contribution in [0.1, 0.15) is 33.1 Å². The van der Waals surface area contributed by atoms with Crippen LogP contribution in [-0.2, 0) is 6.54 Å². The molecule has 3 aromatic rings. The van der Waals surface area contributed by atoms with Gasteiger partial charge in [-0.05, 0) is 26.8 Å². The molecule has 0 radical (unpaired) electrons. The van der Waals surface area contributed by atoms with E-state index in [0.717, 1.165) is 5.01 Å². The van der Waals surface area contributed by atoms with Crippen molar-refractivity contribution in [2.75, 3.05) is 20.8 Å². The first kappa shape index (κ1) is 19.8. The van der Waals surface area contributed by atoms with Crippen LogP contribution >= 0.6 is 11.3 Å². The van der Waals surface area contributed by atoms with Crippen LogP contribution in [0.4, 0.5) is 0 Å². The van der Waals surface area contributed by atoms with Gasteiger partial charge in [-0.1, -0.05) is 0 Å². The number of amides is 1. The molecule has 0 fully saturated rings. The van der Waals surface area contributed by atoms with E-state index >= 15 is 0 Å². The number of aromatic amines is 1. The summed E-state index contributed by atoms with van der Waals surface area (Å²) in [6.45, 7) is 6.23. The largest absolute Gasteiger partial charge is 0.493 e. The molecular formula is C19H22N4O4S. The molecule has 2 heterocycles. The molecule has 0 saturated heterocycles. The Kier molecular flexibility index (Phi) is 5.64. The van der Waals surface area contributed by atoms with E-state index in [1.165, 1.54) is 25.6 Å². The van der Waals surface area contributed by atoms with E-state index < -0.39 is 0 Å². The summed E-state index contributed by atoms with van der Waals surface area (Å²) in [4.78, 5) is 39.2. The lowest BCUT2D eigenvalue weighted by atomic mass is 10.2. The van der Waals surface area contributed by atoms with E-state index in [2.05, 4.69) is 15.0 Å². The van der Waals surface area contributed by atoms with Crippen LogP contribution in [0.2, 0.25) is 0 Å². The smallest absolute Gasteiger partial charge is 0.266 e. The highest BCUT2D eigenvalue weighted by molar-refractivity contribution is 7.13. The SMILES string of the molecule is CCN(Cc1nc2cc(OC)c(OC)cc2c(=O)[nH]1)C(=O)c1sc(C)nc1C. The molecule has 0 bridgehead atoms. The fraction of sp³-hybridized carbons (Fsp3) is 0.368. The molecule has 2 aromatic heterocycles. The van der Waals surface area contributed by atoms with E-state index in [4.69, 9.17) is 9.47 Å². The Morgan fingerprint density at radius 1 is 1.18 bits per heavy atom. The number of carbonyl (C=O) groups excluding carboxylic acids is 1. The molecule has 1 aromatic carbocycles. The second kappa shape index (κ2) is 7.97. The maximum absolute atomic E-state index is 12.9. The fourth-order valence-corrected chi connectivity index (χ4v) is 3.86. The van der Waals surface area contributed by atoms with Crippen molar-refractivity contribution in [3.63, 3.8) is 0 Å². The number of carbonyl (C=O) groups is 1. The Balaban J connectivity index is 1.97. The molecule has 3 rings (SSSR count). The van der Waals surface area contributed by atoms with E-state index in [1.807, 2.05) is 20.8 Å². The molecule has 0 aliphatic rings. The number of rotatable bonds is 6. The average Bonchev–Trinajstić information content (AvgIpc) is 3.02. The Bertz CT molecular complexity index is 1090. The van der Waals surface area contributed by atoms with Gasteiger partial charge in [0.25, 0.3) is 11.5 Å². The van der Waals surface area contributed by atoms with Gasteiger partial charge in [0.2, 0.25) is 0 Å². The minimum Gasteiger partial charge on any atom is -0.493 e. The molecule has 148 valence electrons. The first-order valence-corrected chi connectivity index (χ1v) is 9.57. The molecule has 28 heavy (non-hydrogen) atoms. The van der Waals surface area contributed by atoms with Gasteiger partial charge in [0.05, 0.1) is 42.4 Å². The molecule has 1 amide bonds. The number of ether oxygens (including phenoxy) is 2. The first-order valence-electron chi connectivity index (χ1n) is 8.76. The van der Waals surface area contributed by atoms with Gasteiger partial charge in [0.1, 0.15) is 10.7 Å². The Morgan fingerprint density at radius 2 is 1.86 bits per heavy atom. The number of hydrogen-bond donors (Lipinski definition) is 1. The molecule has 1 N–H and O–H groups in total. The quantitative estimate of drug-likeness (QED) is 0.681. The van der Waals surface area contributed by atoms with Gasteiger partial charge in [-0.25, -0.2) is 9.97 Å². The number of hydrogen-bond acceptors (Lipinski definition) is 7. The van der Waals surface area contributed by atoms with Crippen molar-refractivity contribution in [2.45, 2.75) is 27.3 Å². The van der Waals surface area contributed by atoms with Gasteiger partial charge in [0, 0.05) is 12.6 Å². The number of thiazole rings is 1. The number of H-pyrrole nitrogens is 1. The lowest BCUT2D eigenvalue weighted by molar-refractivity contribution is 0.0752. The summed E-state index contributed by atoms with van der Waals surface area (Å²) >= 11 is 1.37. The molecular weight excluding hydrogens is 380 g/mol. The van der Waals surface area contributed by atoms with Crippen molar-refractivity contribution in [2.24, 2.45) is 0 Å². The summed E-state index contributed by atoms with van der Waals surface area (Å²) in [5.74, 6) is 1.22. The normalized spacial score (nSPS) is 10.9. The monoisotopic (exact) mass is 402 g/mol. The van der Waals surface area contributed by atoms with Gasteiger partial charge in [-0.3, -0.25) is 9.59 Å². The standard InChI is InChI=1S/C19H22N4O4S/c1-6-23(19(25)17-10(2)20-11(3)28-17)9-16-21-13-8-15(27-5)14(26-4)7-12(13)18(24)22-16/h7-8H,6,9H2,1-5H3,(H,21,22,24). The van der Waals surface area contributed by atoms with E-state index in [1.54, 1.807) is 17.0 Å². The topological polar surface area (TPSA) is 97.4 Å². The predicted molar refractivity (Wildman–Crippen MR) is 107 cm³/mol. The molecule has 8 nitrogen and oxygen atoms in total. The molecule has 9 heteroatoms. The Labute approximate surface area is 166 Å². The molecule has 0 aliphatic carbocycles. The van der Waals surface area contributed by atoms with Crippen molar-refractivity contribution in [1.29, 1.82) is 0 Å². The van der Waals surface area contributed by atoms with E-state index in [-0.39, 0.29) is 18.0 Å². The second-order valence-corrected chi connectivity index (χ2v) is 7.41. The Morgan fingerprint density at radius 3 is 2.43 bits per heavy atom. The summed E-state index contributed by atoms with van der Waals surface area (Å²) in [7, 11) is 3.03. The van der Waals surface area contributed by atoms with Crippen molar-refractivity contribution in [3.05, 3.63) is 43.9 Å². The van der Waals surface area contributed by atoms with Crippen molar-refractivity contribution < 1.29 is 14.3 Å². The minimum absolute atomic E-state index is 0.124. The number of fused-ring (bicyclic) bond motifs is 1. The van der Waals surface area contributed by atoms with Gasteiger partial charge in [-0.15, -0.1) is 11.3 Å². The predicted octanol–water partition coefficient (Wildman–Crippen LogP) is 2.68. The third kappa shape index (κ3) is 3.70. The molecule has 0 atom stereocenters. The zero-order chi connectivity index (χ0) is 20.4. The van der Waals surface area contributed by atoms with E-state index in [0.29, 0.717) is 45.3 Å². The summed E-state index contributed by atoms with van der Waals surface area (Å²) in [6, 6.07) is 3.25. The van der Waals surface area contributed by atoms with Gasteiger partial charge in [-0.2, -0.15) is 0 Å². The van der Waals surface area contributed by atoms with Crippen LogP contribution in [0.25, 0.3) is 10.9 Å². The van der Waals surface area contributed by atoms with Gasteiger partial charge >= 0.3 is 0 Å². The third-order valence-corrected chi connectivity index (χ3v) is 5.43. The summed E-state index contributed by atoms with van der Waals surface area (Å²) in [6.07, 6.45) is 0. The number of aromatic nitrogens is 3. The molecule has 0 saturated carbocycles. The van der Waals surface area contributed by atoms with Crippen LogP contribution in [0.15, 0.2) is 16.9 Å². The zero-order valence-corrected chi connectivity index (χ0v) is 17.3. The van der Waals surface area contributed by atoms with Gasteiger partial charge in [0.15, 0.2) is 11.5 Å². The minimum atomic E-state index is -0.297. The average molecular weight is 402 g/mol. The van der Waals surface area contributed by atoms with Crippen molar-refractivity contribution in [1.82, 2.24) is 19.9 Å². The Hall–Kier alpha value is -2.94. The van der Waals surface area contributed by atoms with Crippen LogP contribution in [0, 0.1) is 13.8 Å². The highest BCUT2D eigenvalue weighted by atomic mass is 32.1. The molecule has 0 spiro atoms. The van der Waals surface area contributed by atoms with Crippen molar-refractivity contribution in [3.8, 4) is 11.5 Å². The summed E-state index contributed by atoms with van der Waals surface area (Å²) in [5, 5.41) is 1.24. The van der Waals surface area contributed by atoms with Crippen LogP contribution in [0.3, 0.4) is 0 Å². The zero-order valence-electron chi connectivity index (χ0n) is 16.5. The highest BCUT2D eigenvalue weighted by Gasteiger charge is 2.21. The van der Waals surface area contributed by atoms with Crippen LogP contribution < -0.4 is 15.0 Å². The first-order chi connectivity index (χ1) is 13.4. The molecule has 0 unspecified atom stereocenters. The maximum atomic E-state index is 12.9. The highest BCUT2D eigenvalue weighted by Crippen LogP contribution is 2.30. The number of aryl methyl sites for hydroxylation is 2. The lowest BCUT2D eigenvalue weighted by Gasteiger charge is -2.20. The van der Waals surface area contributed by atoms with E-state index in [9.17, 15) is 9.59 Å². The fourth-order valence-electron chi connectivity index (χ4n) is 2.97. The number of nitrogens with zero attached hydrogens (tertiary/aromatic N) is 3. The number of benzene rings is 1. The maximum Gasteiger partial charge on any atom is 0.266 e. The second-order valence-electron chi connectivity index (χ2n) is 6.20. The third-order valence-electron chi connectivity index (χ3n) is 4.37. The summed E-state index contributed by atoms with van der Waals surface area (Å²) in [5.41, 5.74) is 0.890. The molecule has 0 aliphatic heterocycles. The lowest BCUT2D eigenvalue weighted by Crippen LogP contribution is -2.31. The summed E-state index contributed by atoms with van der Waals surface area (Å²) < 4.78 is 10.5. The number of nitrogens with one attached hydrogen (secondary N) is 1.